The molecule has 0 aliphatic carbocycles. The van der Waals surface area contributed by atoms with Crippen LogP contribution in [0.5, 0.6) is 0 Å². The Morgan fingerprint density at radius 2 is 1.87 bits per heavy atom. The minimum atomic E-state index is -0.583. The molecule has 1 amide bonds. The number of nitrogens with two attached hydrogens (primary N) is 1. The van der Waals surface area contributed by atoms with Crippen LogP contribution in [0.15, 0.2) is 54.9 Å². The Bertz CT molecular complexity index is 854. The van der Waals surface area contributed by atoms with Gasteiger partial charge in [0.1, 0.15) is 22.9 Å². The second kappa shape index (κ2) is 6.18. The topological polar surface area (TPSA) is 93.8 Å². The van der Waals surface area contributed by atoms with Crippen LogP contribution in [-0.4, -0.2) is 20.9 Å². The summed E-state index contributed by atoms with van der Waals surface area (Å²) in [5.74, 6) is -0.814. The zero-order valence-electron chi connectivity index (χ0n) is 11.9. The maximum Gasteiger partial charge on any atom is 0.261 e. The Balaban J connectivity index is 1.86. The molecular formula is C16H12FN5O. The number of hydrogen-bond donors (Lipinski definition) is 2. The third kappa shape index (κ3) is 3.13. The van der Waals surface area contributed by atoms with Crippen molar-refractivity contribution in [3.8, 4) is 11.5 Å². The van der Waals surface area contributed by atoms with Crippen molar-refractivity contribution in [2.75, 3.05) is 11.1 Å². The van der Waals surface area contributed by atoms with Crippen LogP contribution in [0.1, 0.15) is 10.4 Å². The van der Waals surface area contributed by atoms with Gasteiger partial charge in [0.2, 0.25) is 0 Å². The van der Waals surface area contributed by atoms with Crippen LogP contribution in [-0.2, 0) is 0 Å². The highest BCUT2D eigenvalue weighted by molar-refractivity contribution is 6.07. The molecule has 3 aromatic rings. The van der Waals surface area contributed by atoms with Crippen molar-refractivity contribution >= 4 is 17.4 Å². The monoisotopic (exact) mass is 309 g/mol. The Hall–Kier alpha value is -3.35. The molecule has 2 heterocycles. The van der Waals surface area contributed by atoms with Gasteiger partial charge in [0.15, 0.2) is 5.82 Å². The molecule has 1 aromatic carbocycles. The number of hydrogen-bond acceptors (Lipinski definition) is 5. The number of pyridine rings is 1. The lowest BCUT2D eigenvalue weighted by molar-refractivity contribution is 0.102. The second-order valence-electron chi connectivity index (χ2n) is 4.64. The highest BCUT2D eigenvalue weighted by atomic mass is 19.1. The molecule has 0 radical (unpaired) electrons. The van der Waals surface area contributed by atoms with Gasteiger partial charge in [-0.15, -0.1) is 0 Å². The molecule has 114 valence electrons. The summed E-state index contributed by atoms with van der Waals surface area (Å²) in [5, 5.41) is 2.44. The molecule has 2 aromatic heterocycles. The summed E-state index contributed by atoms with van der Waals surface area (Å²) < 4.78 is 13.6. The van der Waals surface area contributed by atoms with E-state index in [0.29, 0.717) is 11.5 Å². The van der Waals surface area contributed by atoms with Crippen molar-refractivity contribution in [3.05, 3.63) is 66.2 Å². The van der Waals surface area contributed by atoms with Crippen LogP contribution in [0.2, 0.25) is 0 Å². The number of nitrogens with zero attached hydrogens (tertiary/aromatic N) is 3. The van der Waals surface area contributed by atoms with Crippen LogP contribution in [0.25, 0.3) is 11.5 Å². The average molecular weight is 309 g/mol. The first kappa shape index (κ1) is 14.6. The zero-order valence-corrected chi connectivity index (χ0v) is 11.9. The number of benzene rings is 1. The summed E-state index contributed by atoms with van der Waals surface area (Å²) >= 11 is 0. The molecule has 6 nitrogen and oxygen atoms in total. The summed E-state index contributed by atoms with van der Waals surface area (Å²) in [6.07, 6.45) is 2.90. The van der Waals surface area contributed by atoms with Gasteiger partial charge in [-0.05, 0) is 24.3 Å². The highest BCUT2D eigenvalue weighted by Gasteiger charge is 2.15. The van der Waals surface area contributed by atoms with E-state index in [1.165, 1.54) is 24.4 Å². The largest absolute Gasteiger partial charge is 0.383 e. The summed E-state index contributed by atoms with van der Waals surface area (Å²) in [6, 6.07) is 11.1. The fourth-order valence-corrected chi connectivity index (χ4v) is 1.94. The van der Waals surface area contributed by atoms with E-state index < -0.39 is 11.7 Å². The van der Waals surface area contributed by atoms with Gasteiger partial charge in [-0.25, -0.2) is 14.4 Å². The zero-order chi connectivity index (χ0) is 16.2. The van der Waals surface area contributed by atoms with Crippen LogP contribution < -0.4 is 11.1 Å². The molecule has 3 rings (SSSR count). The van der Waals surface area contributed by atoms with Crippen LogP contribution >= 0.6 is 0 Å². The van der Waals surface area contributed by atoms with Gasteiger partial charge in [0.25, 0.3) is 5.91 Å². The first-order valence-corrected chi connectivity index (χ1v) is 6.75. The molecule has 0 aliphatic heterocycles. The van der Waals surface area contributed by atoms with Crippen LogP contribution in [0.4, 0.5) is 15.9 Å². The number of carbonyl (C=O) groups is 1. The SMILES string of the molecule is Nc1nc(-c2ccccn2)ncc1C(=O)Nc1ccccc1F. The Labute approximate surface area is 131 Å². The lowest BCUT2D eigenvalue weighted by Gasteiger charge is -2.08. The number of carbonyl (C=O) groups excluding carboxylic acids is 1. The molecule has 23 heavy (non-hydrogen) atoms. The Kier molecular flexibility index (Phi) is 3.92. The molecule has 0 unspecified atom stereocenters. The van der Waals surface area contributed by atoms with Gasteiger partial charge in [-0.2, -0.15) is 0 Å². The molecule has 0 fully saturated rings. The Morgan fingerprint density at radius 1 is 1.09 bits per heavy atom. The minimum Gasteiger partial charge on any atom is -0.383 e. The van der Waals surface area contributed by atoms with Gasteiger partial charge < -0.3 is 11.1 Å². The minimum absolute atomic E-state index is 0.00510. The number of nitrogens with one attached hydrogen (secondary N) is 1. The first-order chi connectivity index (χ1) is 11.1. The molecule has 0 saturated carbocycles. The van der Waals surface area contributed by atoms with Gasteiger partial charge in [-0.1, -0.05) is 18.2 Å². The Morgan fingerprint density at radius 3 is 2.57 bits per heavy atom. The fraction of sp³-hybridized carbons (Fsp3) is 0. The van der Waals surface area contributed by atoms with E-state index in [9.17, 15) is 9.18 Å². The van der Waals surface area contributed by atoms with E-state index in [1.54, 1.807) is 30.5 Å². The van der Waals surface area contributed by atoms with Crippen molar-refractivity contribution in [1.82, 2.24) is 15.0 Å². The quantitative estimate of drug-likeness (QED) is 0.775. The molecule has 0 atom stereocenters. The molecule has 0 aliphatic rings. The molecule has 3 N–H and O–H groups in total. The average Bonchev–Trinajstić information content (AvgIpc) is 2.57. The van der Waals surface area contributed by atoms with Crippen molar-refractivity contribution in [3.63, 3.8) is 0 Å². The fourth-order valence-electron chi connectivity index (χ4n) is 1.94. The van der Waals surface area contributed by atoms with E-state index in [0.717, 1.165) is 0 Å². The third-order valence-electron chi connectivity index (χ3n) is 3.08. The first-order valence-electron chi connectivity index (χ1n) is 6.75. The number of amides is 1. The molecule has 0 spiro atoms. The molecule has 0 saturated heterocycles. The van der Waals surface area contributed by atoms with E-state index in [4.69, 9.17) is 5.73 Å². The van der Waals surface area contributed by atoms with Gasteiger partial charge in [0, 0.05) is 12.4 Å². The summed E-state index contributed by atoms with van der Waals surface area (Å²) in [6.45, 7) is 0. The summed E-state index contributed by atoms with van der Waals surface area (Å²) in [5.41, 5.74) is 6.48. The van der Waals surface area contributed by atoms with Crippen molar-refractivity contribution < 1.29 is 9.18 Å². The van der Waals surface area contributed by atoms with E-state index in [-0.39, 0.29) is 17.1 Å². The molecule has 0 bridgehead atoms. The second-order valence-corrected chi connectivity index (χ2v) is 4.64. The predicted molar refractivity (Wildman–Crippen MR) is 84.0 cm³/mol. The van der Waals surface area contributed by atoms with Gasteiger partial charge in [-0.3, -0.25) is 9.78 Å². The standard InChI is InChI=1S/C16H12FN5O/c17-11-5-1-2-6-12(11)21-16(23)10-9-20-15(22-14(10)18)13-7-3-4-8-19-13/h1-9H,(H,21,23)(H2,18,20,22). The van der Waals surface area contributed by atoms with Crippen LogP contribution in [0.3, 0.4) is 0 Å². The summed E-state index contributed by atoms with van der Waals surface area (Å²) in [4.78, 5) is 24.5. The van der Waals surface area contributed by atoms with Gasteiger partial charge >= 0.3 is 0 Å². The van der Waals surface area contributed by atoms with E-state index >= 15 is 0 Å². The number of rotatable bonds is 3. The number of halogens is 1. The highest BCUT2D eigenvalue weighted by Crippen LogP contribution is 2.18. The predicted octanol–water partition coefficient (Wildman–Crippen LogP) is 2.51. The smallest absolute Gasteiger partial charge is 0.261 e. The third-order valence-corrected chi connectivity index (χ3v) is 3.08. The van der Waals surface area contributed by atoms with Crippen molar-refractivity contribution in [2.45, 2.75) is 0 Å². The van der Waals surface area contributed by atoms with E-state index in [2.05, 4.69) is 20.3 Å². The maximum absolute atomic E-state index is 13.6. The maximum atomic E-state index is 13.6. The number of nitrogen functional groups attached to an aromatic ring is 1. The van der Waals surface area contributed by atoms with Crippen LogP contribution in [0, 0.1) is 5.82 Å². The number of anilines is 2. The van der Waals surface area contributed by atoms with Crippen molar-refractivity contribution in [1.29, 1.82) is 0 Å². The van der Waals surface area contributed by atoms with Crippen molar-refractivity contribution in [2.24, 2.45) is 0 Å². The lowest BCUT2D eigenvalue weighted by atomic mass is 10.2. The molecule has 7 heteroatoms. The molecular weight excluding hydrogens is 297 g/mol. The summed E-state index contributed by atoms with van der Waals surface area (Å²) in [7, 11) is 0. The lowest BCUT2D eigenvalue weighted by Crippen LogP contribution is -2.16. The number of para-hydroxylation sites is 1. The normalized spacial score (nSPS) is 10.3. The van der Waals surface area contributed by atoms with Gasteiger partial charge in [0.05, 0.1) is 5.69 Å². The van der Waals surface area contributed by atoms with E-state index in [1.807, 2.05) is 0 Å². The number of aromatic nitrogens is 3.